The van der Waals surface area contributed by atoms with Gasteiger partial charge in [0, 0.05) is 20.6 Å². The van der Waals surface area contributed by atoms with Gasteiger partial charge >= 0.3 is 0 Å². The molecule has 0 heterocycles. The zero-order valence-electron chi connectivity index (χ0n) is 13.8. The van der Waals surface area contributed by atoms with Crippen LogP contribution in [0.1, 0.15) is 27.7 Å². The Hall–Kier alpha value is -1.27. The number of para-hydroxylation sites is 1. The van der Waals surface area contributed by atoms with Crippen LogP contribution in [0.3, 0.4) is 0 Å². The number of nitrogens with two attached hydrogens (primary N) is 1. The highest BCUT2D eigenvalue weighted by Gasteiger charge is 2.24. The molecule has 1 rings (SSSR count). The molecule has 120 valence electrons. The van der Waals surface area contributed by atoms with Crippen molar-refractivity contribution in [2.24, 2.45) is 11.3 Å². The molecule has 0 spiro atoms. The lowest BCUT2D eigenvalue weighted by molar-refractivity contribution is 0.270. The van der Waals surface area contributed by atoms with Gasteiger partial charge in [-0.1, -0.05) is 33.8 Å². The quantitative estimate of drug-likeness (QED) is 0.792. The number of hydrogen-bond acceptors (Lipinski definition) is 4. The summed E-state index contributed by atoms with van der Waals surface area (Å²) in [7, 11) is -0.538. The minimum Gasteiger partial charge on any atom is -0.396 e. The van der Waals surface area contributed by atoms with Crippen molar-refractivity contribution in [3.8, 4) is 0 Å². The number of rotatable bonds is 6. The lowest BCUT2D eigenvalue weighted by Gasteiger charge is -2.30. The second kappa shape index (κ2) is 6.23. The standard InChI is InChI=1S/C15H27N3O2S/c1-11(2)15(3,4)10-17-12-8-7-9-13(14(12)16)21(19,20)18(5)6/h7-9,11,17H,10,16H2,1-6H3. The third-order valence-electron chi connectivity index (χ3n) is 4.12. The van der Waals surface area contributed by atoms with Gasteiger partial charge < -0.3 is 11.1 Å². The molecule has 0 unspecified atom stereocenters. The summed E-state index contributed by atoms with van der Waals surface area (Å²) >= 11 is 0. The van der Waals surface area contributed by atoms with Gasteiger partial charge in [-0.25, -0.2) is 12.7 Å². The molecule has 0 aliphatic carbocycles. The highest BCUT2D eigenvalue weighted by atomic mass is 32.2. The minimum absolute atomic E-state index is 0.0862. The molecule has 0 aromatic heterocycles. The summed E-state index contributed by atoms with van der Waals surface area (Å²) in [4.78, 5) is 0.139. The summed E-state index contributed by atoms with van der Waals surface area (Å²) in [6.45, 7) is 9.39. The Morgan fingerprint density at radius 1 is 1.29 bits per heavy atom. The van der Waals surface area contributed by atoms with Crippen molar-refractivity contribution in [1.29, 1.82) is 0 Å². The molecule has 1 aromatic rings. The van der Waals surface area contributed by atoms with Gasteiger partial charge in [0.25, 0.3) is 0 Å². The zero-order valence-corrected chi connectivity index (χ0v) is 14.6. The maximum absolute atomic E-state index is 12.2. The average molecular weight is 313 g/mol. The fourth-order valence-electron chi connectivity index (χ4n) is 1.65. The molecule has 0 fully saturated rings. The predicted molar refractivity (Wildman–Crippen MR) is 88.8 cm³/mol. The maximum atomic E-state index is 12.2. The van der Waals surface area contributed by atoms with Gasteiger partial charge in [0.1, 0.15) is 4.90 Å². The summed E-state index contributed by atoms with van der Waals surface area (Å²) in [6.07, 6.45) is 0. The van der Waals surface area contributed by atoms with Crippen molar-refractivity contribution in [3.05, 3.63) is 18.2 Å². The molecule has 3 N–H and O–H groups in total. The van der Waals surface area contributed by atoms with Gasteiger partial charge in [0.2, 0.25) is 10.0 Å². The van der Waals surface area contributed by atoms with Crippen LogP contribution in [0.15, 0.2) is 23.1 Å². The maximum Gasteiger partial charge on any atom is 0.244 e. The summed E-state index contributed by atoms with van der Waals surface area (Å²) in [5.41, 5.74) is 7.06. The number of anilines is 2. The van der Waals surface area contributed by atoms with E-state index in [1.807, 2.05) is 0 Å². The Bertz CT molecular complexity index is 593. The van der Waals surface area contributed by atoms with Crippen LogP contribution in [0.2, 0.25) is 0 Å². The Balaban J connectivity index is 3.08. The first-order valence-corrected chi connectivity index (χ1v) is 8.49. The predicted octanol–water partition coefficient (Wildman–Crippen LogP) is 2.61. The highest BCUT2D eigenvalue weighted by molar-refractivity contribution is 7.89. The second-order valence-electron chi connectivity index (χ2n) is 6.50. The van der Waals surface area contributed by atoms with E-state index in [1.54, 1.807) is 12.1 Å². The Kier molecular flexibility index (Phi) is 5.28. The number of nitrogens with zero attached hydrogens (tertiary/aromatic N) is 1. The van der Waals surface area contributed by atoms with E-state index in [2.05, 4.69) is 33.0 Å². The van der Waals surface area contributed by atoms with Gasteiger partial charge in [-0.15, -0.1) is 0 Å². The SMILES string of the molecule is CC(C)C(C)(C)CNc1cccc(S(=O)(=O)N(C)C)c1N. The van der Waals surface area contributed by atoms with Crippen molar-refractivity contribution in [3.63, 3.8) is 0 Å². The fraction of sp³-hybridized carbons (Fsp3) is 0.600. The van der Waals surface area contributed by atoms with Crippen LogP contribution in [0.4, 0.5) is 11.4 Å². The van der Waals surface area contributed by atoms with E-state index in [0.29, 0.717) is 11.6 Å². The number of benzene rings is 1. The first-order chi connectivity index (χ1) is 9.50. The number of nitrogen functional groups attached to an aromatic ring is 1. The molecular weight excluding hydrogens is 286 g/mol. The molecule has 6 heteroatoms. The van der Waals surface area contributed by atoms with Crippen LogP contribution in [0.5, 0.6) is 0 Å². The summed E-state index contributed by atoms with van der Waals surface area (Å²) in [5.74, 6) is 0.500. The number of nitrogens with one attached hydrogen (secondary N) is 1. The molecule has 0 aliphatic rings. The van der Waals surface area contributed by atoms with E-state index in [1.165, 1.54) is 24.5 Å². The molecule has 0 saturated carbocycles. The molecule has 0 radical (unpaired) electrons. The van der Waals surface area contributed by atoms with Gasteiger partial charge in [-0.05, 0) is 23.5 Å². The molecule has 0 aliphatic heterocycles. The Morgan fingerprint density at radius 2 is 1.86 bits per heavy atom. The fourth-order valence-corrected chi connectivity index (χ4v) is 2.68. The lowest BCUT2D eigenvalue weighted by atomic mass is 9.81. The summed E-state index contributed by atoms with van der Waals surface area (Å²) in [6, 6.07) is 5.04. The van der Waals surface area contributed by atoms with Crippen molar-refractivity contribution in [2.45, 2.75) is 32.6 Å². The summed E-state index contributed by atoms with van der Waals surface area (Å²) < 4.78 is 25.6. The van der Waals surface area contributed by atoms with Crippen LogP contribution in [-0.4, -0.2) is 33.4 Å². The van der Waals surface area contributed by atoms with Crippen molar-refractivity contribution < 1.29 is 8.42 Å². The molecule has 0 atom stereocenters. The van der Waals surface area contributed by atoms with E-state index in [-0.39, 0.29) is 16.0 Å². The number of sulfonamides is 1. The van der Waals surface area contributed by atoms with Crippen LogP contribution in [0, 0.1) is 11.3 Å². The van der Waals surface area contributed by atoms with Crippen molar-refractivity contribution >= 4 is 21.4 Å². The van der Waals surface area contributed by atoms with E-state index in [4.69, 9.17) is 5.73 Å². The van der Waals surface area contributed by atoms with Crippen LogP contribution in [-0.2, 0) is 10.0 Å². The number of hydrogen-bond donors (Lipinski definition) is 2. The molecule has 0 saturated heterocycles. The first kappa shape index (κ1) is 17.8. The molecule has 5 nitrogen and oxygen atoms in total. The second-order valence-corrected chi connectivity index (χ2v) is 8.62. The Labute approximate surface area is 128 Å². The third kappa shape index (κ3) is 3.89. The van der Waals surface area contributed by atoms with Gasteiger partial charge in [-0.3, -0.25) is 0 Å². The third-order valence-corrected chi connectivity index (χ3v) is 6.00. The van der Waals surface area contributed by atoms with Crippen LogP contribution >= 0.6 is 0 Å². The van der Waals surface area contributed by atoms with E-state index >= 15 is 0 Å². The van der Waals surface area contributed by atoms with E-state index in [0.717, 1.165) is 6.54 Å². The van der Waals surface area contributed by atoms with Gasteiger partial charge in [0.05, 0.1) is 11.4 Å². The lowest BCUT2D eigenvalue weighted by Crippen LogP contribution is -2.29. The normalized spacial score (nSPS) is 13.0. The Morgan fingerprint density at radius 3 is 2.33 bits per heavy atom. The molecule has 0 bridgehead atoms. The van der Waals surface area contributed by atoms with Crippen LogP contribution < -0.4 is 11.1 Å². The van der Waals surface area contributed by atoms with E-state index < -0.39 is 10.0 Å². The van der Waals surface area contributed by atoms with Crippen molar-refractivity contribution in [1.82, 2.24) is 4.31 Å². The summed E-state index contributed by atoms with van der Waals surface area (Å²) in [5, 5.41) is 3.28. The molecular formula is C15H27N3O2S. The highest BCUT2D eigenvalue weighted by Crippen LogP contribution is 2.31. The average Bonchev–Trinajstić information content (AvgIpc) is 2.36. The molecule has 21 heavy (non-hydrogen) atoms. The smallest absolute Gasteiger partial charge is 0.244 e. The minimum atomic E-state index is -3.53. The van der Waals surface area contributed by atoms with E-state index in [9.17, 15) is 8.42 Å². The largest absolute Gasteiger partial charge is 0.396 e. The topological polar surface area (TPSA) is 75.4 Å². The molecule has 0 amide bonds. The van der Waals surface area contributed by atoms with Gasteiger partial charge in [0.15, 0.2) is 0 Å². The van der Waals surface area contributed by atoms with Gasteiger partial charge in [-0.2, -0.15) is 0 Å². The van der Waals surface area contributed by atoms with Crippen molar-refractivity contribution in [2.75, 3.05) is 31.7 Å². The monoisotopic (exact) mass is 313 g/mol. The zero-order chi connectivity index (χ0) is 16.4. The van der Waals surface area contributed by atoms with Crippen LogP contribution in [0.25, 0.3) is 0 Å². The first-order valence-electron chi connectivity index (χ1n) is 7.05. The molecule has 1 aromatic carbocycles.